The zero-order valence-electron chi connectivity index (χ0n) is 13.1. The fourth-order valence-electron chi connectivity index (χ4n) is 2.77. The summed E-state index contributed by atoms with van der Waals surface area (Å²) in [4.78, 5) is 17.4. The van der Waals surface area contributed by atoms with E-state index in [-0.39, 0.29) is 11.7 Å². The minimum Gasteiger partial charge on any atom is -0.304 e. The van der Waals surface area contributed by atoms with Gasteiger partial charge in [0.1, 0.15) is 0 Å². The maximum Gasteiger partial charge on any atom is 0.167 e. The smallest absolute Gasteiger partial charge is 0.167 e. The summed E-state index contributed by atoms with van der Waals surface area (Å²) < 4.78 is 0. The second kappa shape index (κ2) is 6.51. The zero-order valence-corrected chi connectivity index (χ0v) is 13.1. The Balaban J connectivity index is 1.99. The van der Waals surface area contributed by atoms with Crippen molar-refractivity contribution in [2.24, 2.45) is 5.92 Å². The summed E-state index contributed by atoms with van der Waals surface area (Å²) in [6.45, 7) is 11.3. The number of nitrogens with zero attached hydrogens (tertiary/aromatic N) is 2. The number of piperazine rings is 1. The molecule has 1 atom stereocenters. The van der Waals surface area contributed by atoms with Crippen LogP contribution in [0.15, 0.2) is 18.2 Å². The van der Waals surface area contributed by atoms with Crippen LogP contribution in [0, 0.1) is 19.8 Å². The van der Waals surface area contributed by atoms with Crippen LogP contribution in [-0.2, 0) is 0 Å². The number of benzene rings is 1. The van der Waals surface area contributed by atoms with Crippen LogP contribution < -0.4 is 0 Å². The number of hydrogen-bond donors (Lipinski definition) is 0. The number of Topliss-reactive ketones (excluding diaryl/α,β-unsaturated/α-hetero) is 1. The number of aryl methyl sites for hydroxylation is 2. The van der Waals surface area contributed by atoms with E-state index < -0.39 is 0 Å². The second-order valence-electron chi connectivity index (χ2n) is 6.19. The van der Waals surface area contributed by atoms with Gasteiger partial charge in [0.25, 0.3) is 0 Å². The van der Waals surface area contributed by atoms with Crippen molar-refractivity contribution in [3.8, 4) is 0 Å². The highest BCUT2D eigenvalue weighted by Gasteiger charge is 2.22. The van der Waals surface area contributed by atoms with E-state index in [4.69, 9.17) is 0 Å². The van der Waals surface area contributed by atoms with Crippen LogP contribution >= 0.6 is 0 Å². The molecule has 1 heterocycles. The SMILES string of the molecule is Cc1ccc(C)c(C(=O)C(C)CN2CCN(C)CC2)c1. The Morgan fingerprint density at radius 2 is 1.85 bits per heavy atom. The summed E-state index contributed by atoms with van der Waals surface area (Å²) >= 11 is 0. The molecular formula is C17H26N2O. The Labute approximate surface area is 122 Å². The van der Waals surface area contributed by atoms with E-state index in [0.717, 1.165) is 49.4 Å². The fourth-order valence-corrected chi connectivity index (χ4v) is 2.77. The van der Waals surface area contributed by atoms with Crippen molar-refractivity contribution in [1.29, 1.82) is 0 Å². The summed E-state index contributed by atoms with van der Waals surface area (Å²) in [5, 5.41) is 0. The highest BCUT2D eigenvalue weighted by Crippen LogP contribution is 2.17. The topological polar surface area (TPSA) is 23.6 Å². The number of ketones is 1. The van der Waals surface area contributed by atoms with E-state index in [1.807, 2.05) is 26.0 Å². The van der Waals surface area contributed by atoms with Crippen molar-refractivity contribution >= 4 is 5.78 Å². The van der Waals surface area contributed by atoms with Gasteiger partial charge in [-0.1, -0.05) is 24.6 Å². The minimum absolute atomic E-state index is 0.0684. The summed E-state index contributed by atoms with van der Waals surface area (Å²) in [6.07, 6.45) is 0. The summed E-state index contributed by atoms with van der Waals surface area (Å²) in [5.74, 6) is 0.351. The van der Waals surface area contributed by atoms with Gasteiger partial charge in [0.2, 0.25) is 0 Å². The predicted molar refractivity (Wildman–Crippen MR) is 83.3 cm³/mol. The molecule has 0 spiro atoms. The maximum absolute atomic E-state index is 12.6. The molecular weight excluding hydrogens is 248 g/mol. The first-order chi connectivity index (χ1) is 9.47. The van der Waals surface area contributed by atoms with Crippen molar-refractivity contribution in [3.63, 3.8) is 0 Å². The highest BCUT2D eigenvalue weighted by atomic mass is 16.1. The van der Waals surface area contributed by atoms with Crippen molar-refractivity contribution in [1.82, 2.24) is 9.80 Å². The van der Waals surface area contributed by atoms with Gasteiger partial charge in [0.15, 0.2) is 5.78 Å². The van der Waals surface area contributed by atoms with E-state index in [1.54, 1.807) is 0 Å². The third-order valence-electron chi connectivity index (χ3n) is 4.23. The molecule has 1 aromatic rings. The fraction of sp³-hybridized carbons (Fsp3) is 0.588. The summed E-state index contributed by atoms with van der Waals surface area (Å²) in [5.41, 5.74) is 3.14. The van der Waals surface area contributed by atoms with Gasteiger partial charge in [-0.25, -0.2) is 0 Å². The van der Waals surface area contributed by atoms with E-state index in [1.165, 1.54) is 0 Å². The zero-order chi connectivity index (χ0) is 14.7. The molecule has 0 radical (unpaired) electrons. The molecule has 110 valence electrons. The quantitative estimate of drug-likeness (QED) is 0.788. The van der Waals surface area contributed by atoms with Gasteiger partial charge >= 0.3 is 0 Å². The second-order valence-corrected chi connectivity index (χ2v) is 6.19. The standard InChI is InChI=1S/C17H26N2O/c1-13-5-6-14(2)16(11-13)17(20)15(3)12-19-9-7-18(4)8-10-19/h5-6,11,15H,7-10,12H2,1-4H3. The van der Waals surface area contributed by atoms with Gasteiger partial charge in [-0.05, 0) is 32.5 Å². The molecule has 0 amide bonds. The molecule has 1 unspecified atom stereocenters. The van der Waals surface area contributed by atoms with E-state index in [2.05, 4.69) is 29.8 Å². The minimum atomic E-state index is 0.0684. The summed E-state index contributed by atoms with van der Waals surface area (Å²) in [6, 6.07) is 6.14. The first-order valence-electron chi connectivity index (χ1n) is 7.49. The van der Waals surface area contributed by atoms with Gasteiger partial charge in [-0.15, -0.1) is 0 Å². The molecule has 0 N–H and O–H groups in total. The van der Waals surface area contributed by atoms with Gasteiger partial charge < -0.3 is 9.80 Å². The molecule has 0 saturated carbocycles. The lowest BCUT2D eigenvalue weighted by molar-refractivity contribution is 0.0854. The van der Waals surface area contributed by atoms with Gasteiger partial charge in [-0.2, -0.15) is 0 Å². The first-order valence-corrected chi connectivity index (χ1v) is 7.49. The number of hydrogen-bond acceptors (Lipinski definition) is 3. The number of carbonyl (C=O) groups excluding carboxylic acids is 1. The van der Waals surface area contributed by atoms with Crippen LogP contribution in [0.5, 0.6) is 0 Å². The van der Waals surface area contributed by atoms with Gasteiger partial charge in [-0.3, -0.25) is 4.79 Å². The van der Waals surface area contributed by atoms with Crippen molar-refractivity contribution < 1.29 is 4.79 Å². The molecule has 0 aliphatic carbocycles. The molecule has 20 heavy (non-hydrogen) atoms. The van der Waals surface area contributed by atoms with Crippen LogP contribution in [-0.4, -0.2) is 55.4 Å². The van der Waals surface area contributed by atoms with Crippen molar-refractivity contribution in [2.75, 3.05) is 39.8 Å². The Hall–Kier alpha value is -1.19. The molecule has 3 nitrogen and oxygen atoms in total. The van der Waals surface area contributed by atoms with Crippen molar-refractivity contribution in [3.05, 3.63) is 34.9 Å². The Morgan fingerprint density at radius 3 is 2.50 bits per heavy atom. The normalized spacial score (nSPS) is 19.0. The predicted octanol–water partition coefficient (Wildman–Crippen LogP) is 2.37. The number of likely N-dealkylation sites (N-methyl/N-ethyl adjacent to an activating group) is 1. The van der Waals surface area contributed by atoms with Crippen LogP contribution in [0.25, 0.3) is 0 Å². The Bertz CT molecular complexity index is 476. The van der Waals surface area contributed by atoms with Crippen LogP contribution in [0.3, 0.4) is 0 Å². The monoisotopic (exact) mass is 274 g/mol. The van der Waals surface area contributed by atoms with Gasteiger partial charge in [0, 0.05) is 44.2 Å². The lowest BCUT2D eigenvalue weighted by Crippen LogP contribution is -2.46. The number of carbonyl (C=O) groups is 1. The van der Waals surface area contributed by atoms with E-state index >= 15 is 0 Å². The highest BCUT2D eigenvalue weighted by molar-refractivity contribution is 5.99. The first kappa shape index (κ1) is 15.2. The molecule has 0 aromatic heterocycles. The molecule has 1 aromatic carbocycles. The molecule has 1 saturated heterocycles. The van der Waals surface area contributed by atoms with Crippen molar-refractivity contribution in [2.45, 2.75) is 20.8 Å². The lowest BCUT2D eigenvalue weighted by atomic mass is 9.94. The third-order valence-corrected chi connectivity index (χ3v) is 4.23. The number of rotatable bonds is 4. The maximum atomic E-state index is 12.6. The van der Waals surface area contributed by atoms with Crippen LogP contribution in [0.4, 0.5) is 0 Å². The average molecular weight is 274 g/mol. The van der Waals surface area contributed by atoms with Crippen LogP contribution in [0.1, 0.15) is 28.4 Å². The largest absolute Gasteiger partial charge is 0.304 e. The van der Waals surface area contributed by atoms with E-state index in [9.17, 15) is 4.79 Å². The Morgan fingerprint density at radius 1 is 1.20 bits per heavy atom. The lowest BCUT2D eigenvalue weighted by Gasteiger charge is -2.33. The molecule has 1 fully saturated rings. The molecule has 0 bridgehead atoms. The van der Waals surface area contributed by atoms with Crippen LogP contribution in [0.2, 0.25) is 0 Å². The average Bonchev–Trinajstić information content (AvgIpc) is 2.43. The molecule has 1 aliphatic rings. The summed E-state index contributed by atoms with van der Waals surface area (Å²) in [7, 11) is 2.15. The Kier molecular flexibility index (Phi) is 4.95. The molecule has 3 heteroatoms. The van der Waals surface area contributed by atoms with Gasteiger partial charge in [0.05, 0.1) is 0 Å². The molecule has 2 rings (SSSR count). The van der Waals surface area contributed by atoms with E-state index in [0.29, 0.717) is 0 Å². The third kappa shape index (κ3) is 3.68. The molecule has 1 aliphatic heterocycles.